The number of hydrogen-bond acceptors (Lipinski definition) is 4. The second-order valence-corrected chi connectivity index (χ2v) is 9.60. The highest BCUT2D eigenvalue weighted by Crippen LogP contribution is 2.24. The van der Waals surface area contributed by atoms with Crippen molar-refractivity contribution in [2.24, 2.45) is 0 Å². The van der Waals surface area contributed by atoms with Crippen molar-refractivity contribution in [2.45, 2.75) is 32.7 Å². The van der Waals surface area contributed by atoms with E-state index < -0.39 is 0 Å². The lowest BCUT2D eigenvalue weighted by atomic mass is 9.99. The first-order valence-electron chi connectivity index (χ1n) is 13.1. The van der Waals surface area contributed by atoms with Gasteiger partial charge in [-0.2, -0.15) is 0 Å². The quantitative estimate of drug-likeness (QED) is 0.215. The van der Waals surface area contributed by atoms with Gasteiger partial charge in [-0.1, -0.05) is 54.6 Å². The second kappa shape index (κ2) is 14.7. The Morgan fingerprint density at radius 3 is 2.41 bits per heavy atom. The van der Waals surface area contributed by atoms with Gasteiger partial charge < -0.3 is 14.6 Å². The van der Waals surface area contributed by atoms with Crippen LogP contribution in [0.5, 0.6) is 5.75 Å². The number of para-hydroxylation sites is 1. The van der Waals surface area contributed by atoms with Crippen molar-refractivity contribution in [1.82, 2.24) is 14.5 Å². The molecule has 1 N–H and O–H groups in total. The first-order valence-corrected chi connectivity index (χ1v) is 13.1. The summed E-state index contributed by atoms with van der Waals surface area (Å²) in [6.45, 7) is 6.25. The van der Waals surface area contributed by atoms with E-state index in [9.17, 15) is 4.79 Å². The number of halogens is 2. The zero-order valence-electron chi connectivity index (χ0n) is 22.2. The van der Waals surface area contributed by atoms with Gasteiger partial charge >= 0.3 is 0 Å². The van der Waals surface area contributed by atoms with Crippen LogP contribution in [0.3, 0.4) is 0 Å². The summed E-state index contributed by atoms with van der Waals surface area (Å²) in [5, 5.41) is 2.93. The largest absolute Gasteiger partial charge is 0.484 e. The number of carbonyl (C=O) groups is 1. The first-order chi connectivity index (χ1) is 18.2. The molecule has 8 heteroatoms. The predicted molar refractivity (Wildman–Crippen MR) is 164 cm³/mol. The number of imidazole rings is 1. The fourth-order valence-electron chi connectivity index (χ4n) is 4.97. The molecule has 0 saturated heterocycles. The Labute approximate surface area is 242 Å². The molecule has 0 atom stereocenters. The summed E-state index contributed by atoms with van der Waals surface area (Å²) in [6.07, 6.45) is 7.68. The molecule has 6 nitrogen and oxygen atoms in total. The van der Waals surface area contributed by atoms with Crippen LogP contribution in [0.15, 0.2) is 85.2 Å². The number of unbranched alkanes of at least 4 members (excludes halogenated alkanes) is 1. The number of nitrogens with one attached hydrogen (secondary N) is 1. The van der Waals surface area contributed by atoms with Crippen LogP contribution in [0.4, 0.5) is 5.69 Å². The van der Waals surface area contributed by atoms with Gasteiger partial charge in [0.1, 0.15) is 5.75 Å². The summed E-state index contributed by atoms with van der Waals surface area (Å²) >= 11 is 0. The molecule has 0 radical (unpaired) electrons. The summed E-state index contributed by atoms with van der Waals surface area (Å²) in [5.74, 6) is 0.488. The summed E-state index contributed by atoms with van der Waals surface area (Å²) in [7, 11) is 0. The minimum Gasteiger partial charge on any atom is -0.484 e. The molecule has 1 aliphatic rings. The lowest BCUT2D eigenvalue weighted by Crippen LogP contribution is -2.29. The van der Waals surface area contributed by atoms with E-state index in [4.69, 9.17) is 4.74 Å². The van der Waals surface area contributed by atoms with Gasteiger partial charge in [-0.05, 0) is 73.7 Å². The van der Waals surface area contributed by atoms with Gasteiger partial charge in [0.2, 0.25) is 0 Å². The maximum atomic E-state index is 12.4. The molecule has 4 aromatic rings. The zero-order chi connectivity index (χ0) is 25.5. The van der Waals surface area contributed by atoms with Gasteiger partial charge in [-0.15, -0.1) is 24.8 Å². The molecule has 3 aromatic carbocycles. The van der Waals surface area contributed by atoms with E-state index in [1.165, 1.54) is 11.1 Å². The van der Waals surface area contributed by atoms with Gasteiger partial charge in [0.05, 0.1) is 17.4 Å². The third kappa shape index (κ3) is 8.09. The Hall–Kier alpha value is -3.32. The number of ether oxygens (including phenoxy) is 1. The third-order valence-corrected chi connectivity index (χ3v) is 6.86. The standard InChI is InChI=1S/C31H34N4O2.2ClH/c1-24-20-27(33-30(36)22-37-28-12-6-3-7-13-28)21-29-31(24)35(23-32-29)17-9-8-16-34-18-14-26(15-19-34)25-10-4-2-5-11-25;;/h2-7,10-14,20-21,23H,8-9,15-19,22H2,1H3,(H,33,36);2*1H. The Kier molecular flexibility index (Phi) is 11.4. The number of hydrogen-bond donors (Lipinski definition) is 1. The maximum Gasteiger partial charge on any atom is 0.262 e. The average molecular weight is 568 g/mol. The van der Waals surface area contributed by atoms with E-state index in [1.54, 1.807) is 0 Å². The third-order valence-electron chi connectivity index (χ3n) is 6.86. The van der Waals surface area contributed by atoms with Crippen LogP contribution in [0.2, 0.25) is 0 Å². The summed E-state index contributed by atoms with van der Waals surface area (Å²) in [4.78, 5) is 19.5. The van der Waals surface area contributed by atoms with Crippen LogP contribution in [-0.4, -0.2) is 46.6 Å². The predicted octanol–water partition coefficient (Wildman–Crippen LogP) is 6.78. The number of fused-ring (bicyclic) bond motifs is 1. The number of benzene rings is 3. The van der Waals surface area contributed by atoms with Crippen LogP contribution in [0.1, 0.15) is 30.4 Å². The molecule has 0 spiro atoms. The highest BCUT2D eigenvalue weighted by molar-refractivity contribution is 5.94. The molecular weight excluding hydrogens is 531 g/mol. The van der Waals surface area contributed by atoms with Crippen molar-refractivity contribution >= 4 is 53.0 Å². The smallest absolute Gasteiger partial charge is 0.262 e. The van der Waals surface area contributed by atoms with Crippen molar-refractivity contribution in [3.8, 4) is 5.75 Å². The number of aromatic nitrogens is 2. The normalized spacial score (nSPS) is 13.2. The molecule has 0 aliphatic carbocycles. The van der Waals surface area contributed by atoms with E-state index in [0.29, 0.717) is 5.75 Å². The van der Waals surface area contributed by atoms with E-state index in [0.717, 1.165) is 67.7 Å². The molecule has 1 aromatic heterocycles. The molecule has 0 bridgehead atoms. The minimum atomic E-state index is -0.189. The van der Waals surface area contributed by atoms with Gasteiger partial charge in [0.25, 0.3) is 5.91 Å². The molecule has 0 fully saturated rings. The Morgan fingerprint density at radius 1 is 0.974 bits per heavy atom. The second-order valence-electron chi connectivity index (χ2n) is 9.60. The average Bonchev–Trinajstić information content (AvgIpc) is 3.35. The minimum absolute atomic E-state index is 0. The molecule has 39 heavy (non-hydrogen) atoms. The Balaban J connectivity index is 0.00000210. The fraction of sp³-hybridized carbons (Fsp3) is 0.290. The Bertz CT molecular complexity index is 1370. The van der Waals surface area contributed by atoms with Crippen molar-refractivity contribution in [3.63, 3.8) is 0 Å². The van der Waals surface area contributed by atoms with Crippen LogP contribution in [-0.2, 0) is 11.3 Å². The van der Waals surface area contributed by atoms with Gasteiger partial charge in [-0.25, -0.2) is 4.98 Å². The number of nitrogens with zero attached hydrogens (tertiary/aromatic N) is 3. The number of amides is 1. The van der Waals surface area contributed by atoms with Crippen LogP contribution in [0.25, 0.3) is 16.6 Å². The molecule has 1 amide bonds. The van der Waals surface area contributed by atoms with Gasteiger partial charge in [0.15, 0.2) is 6.61 Å². The van der Waals surface area contributed by atoms with E-state index in [-0.39, 0.29) is 37.3 Å². The Morgan fingerprint density at radius 2 is 1.69 bits per heavy atom. The molecule has 0 unspecified atom stereocenters. The molecule has 206 valence electrons. The highest BCUT2D eigenvalue weighted by atomic mass is 35.5. The molecule has 1 aliphatic heterocycles. The summed E-state index contributed by atoms with van der Waals surface area (Å²) < 4.78 is 7.78. The van der Waals surface area contributed by atoms with Crippen LogP contribution in [0, 0.1) is 6.92 Å². The van der Waals surface area contributed by atoms with Gasteiger partial charge in [-0.3, -0.25) is 9.69 Å². The lowest BCUT2D eigenvalue weighted by Gasteiger charge is -2.26. The van der Waals surface area contributed by atoms with Crippen molar-refractivity contribution in [2.75, 3.05) is 31.6 Å². The van der Waals surface area contributed by atoms with Crippen molar-refractivity contribution in [3.05, 3.63) is 96.3 Å². The summed E-state index contributed by atoms with van der Waals surface area (Å²) in [6, 6.07) is 24.0. The maximum absolute atomic E-state index is 12.4. The SMILES string of the molecule is Cc1cc(NC(=O)COc2ccccc2)cc2ncn(CCCCN3CC=C(c4ccccc4)CC3)c12.Cl.Cl. The van der Waals surface area contributed by atoms with Crippen molar-refractivity contribution in [1.29, 1.82) is 0 Å². The number of anilines is 1. The zero-order valence-corrected chi connectivity index (χ0v) is 23.8. The van der Waals surface area contributed by atoms with Crippen LogP contribution >= 0.6 is 24.8 Å². The molecular formula is C31H36Cl2N4O2. The van der Waals surface area contributed by atoms with E-state index in [1.807, 2.05) is 48.8 Å². The number of aryl methyl sites for hydroxylation is 2. The van der Waals surface area contributed by atoms with E-state index in [2.05, 4.69) is 63.1 Å². The monoisotopic (exact) mass is 566 g/mol. The molecule has 2 heterocycles. The lowest BCUT2D eigenvalue weighted by molar-refractivity contribution is -0.118. The van der Waals surface area contributed by atoms with E-state index >= 15 is 0 Å². The number of rotatable bonds is 10. The first kappa shape index (κ1) is 30.2. The van der Waals surface area contributed by atoms with Crippen LogP contribution < -0.4 is 10.1 Å². The van der Waals surface area contributed by atoms with Crippen molar-refractivity contribution < 1.29 is 9.53 Å². The molecule has 0 saturated carbocycles. The van der Waals surface area contributed by atoms with Gasteiger partial charge in [0, 0.05) is 25.3 Å². The number of carbonyl (C=O) groups excluding carboxylic acids is 1. The molecule has 5 rings (SSSR count). The highest BCUT2D eigenvalue weighted by Gasteiger charge is 2.13. The topological polar surface area (TPSA) is 59.4 Å². The summed E-state index contributed by atoms with van der Waals surface area (Å²) in [5.41, 5.74) is 6.69. The fourth-order valence-corrected chi connectivity index (χ4v) is 4.97.